The molecule has 1 spiro atoms. The van der Waals surface area contributed by atoms with E-state index in [1.54, 1.807) is 0 Å². The molecule has 0 radical (unpaired) electrons. The van der Waals surface area contributed by atoms with Gasteiger partial charge in [-0.1, -0.05) is 6.92 Å². The largest absolute Gasteiger partial charge is 0.356 e. The molecule has 3 fully saturated rings. The molecule has 2 N–H and O–H groups in total. The molecular formula is C16H29N3O4S. The molecule has 3 aliphatic rings. The lowest BCUT2D eigenvalue weighted by molar-refractivity contribution is -0.151. The van der Waals surface area contributed by atoms with Crippen LogP contribution in [0.25, 0.3) is 0 Å². The van der Waals surface area contributed by atoms with Crippen LogP contribution in [0.5, 0.6) is 0 Å². The third kappa shape index (κ3) is 4.61. The number of hydrogen-bond donors (Lipinski definition) is 2. The van der Waals surface area contributed by atoms with Gasteiger partial charge in [0.25, 0.3) is 0 Å². The van der Waals surface area contributed by atoms with Gasteiger partial charge in [0.2, 0.25) is 0 Å². The first-order valence-corrected chi connectivity index (χ1v) is 10.9. The second kappa shape index (κ2) is 7.58. The lowest BCUT2D eigenvalue weighted by Gasteiger charge is -2.22. The molecule has 1 saturated carbocycles. The fourth-order valence-corrected chi connectivity index (χ4v) is 5.53. The Bertz CT molecular complexity index is 558. The minimum atomic E-state index is -2.84. The van der Waals surface area contributed by atoms with Crippen molar-refractivity contribution in [1.29, 1.82) is 0 Å². The van der Waals surface area contributed by atoms with Crippen LogP contribution >= 0.6 is 0 Å². The predicted octanol–water partition coefficient (Wildman–Crippen LogP) is 0.662. The summed E-state index contributed by atoms with van der Waals surface area (Å²) in [5.41, 5.74) is 0. The summed E-state index contributed by atoms with van der Waals surface area (Å²) < 4.78 is 34.7. The van der Waals surface area contributed by atoms with Gasteiger partial charge in [-0.15, -0.1) is 0 Å². The fraction of sp³-hybridized carbons (Fsp3) is 0.938. The van der Waals surface area contributed by atoms with E-state index in [0.717, 1.165) is 44.6 Å². The SMILES string of the molecule is CCCNC(=NCC1CCS(=O)(=O)C1)NC1CCC2(C1)OCCO2. The van der Waals surface area contributed by atoms with E-state index in [4.69, 9.17) is 9.47 Å². The van der Waals surface area contributed by atoms with Gasteiger partial charge in [-0.25, -0.2) is 8.42 Å². The van der Waals surface area contributed by atoms with Crippen molar-refractivity contribution in [3.05, 3.63) is 0 Å². The molecule has 3 rings (SSSR count). The fourth-order valence-electron chi connectivity index (χ4n) is 3.68. The first-order chi connectivity index (χ1) is 11.5. The Labute approximate surface area is 144 Å². The molecule has 0 aromatic carbocycles. The average Bonchev–Trinajstić information content (AvgIpc) is 3.25. The van der Waals surface area contributed by atoms with Crippen LogP contribution in [0.4, 0.5) is 0 Å². The maximum atomic E-state index is 11.6. The van der Waals surface area contributed by atoms with Crippen LogP contribution in [0.1, 0.15) is 39.0 Å². The summed E-state index contributed by atoms with van der Waals surface area (Å²) >= 11 is 0. The van der Waals surface area contributed by atoms with E-state index in [9.17, 15) is 8.42 Å². The zero-order chi connectivity index (χ0) is 17.0. The summed E-state index contributed by atoms with van der Waals surface area (Å²) in [6, 6.07) is 0.276. The summed E-state index contributed by atoms with van der Waals surface area (Å²) in [6.07, 6.45) is 4.47. The number of aliphatic imine (C=N–C) groups is 1. The Kier molecular flexibility index (Phi) is 5.66. The molecule has 2 unspecified atom stereocenters. The van der Waals surface area contributed by atoms with Crippen LogP contribution in [0, 0.1) is 5.92 Å². The van der Waals surface area contributed by atoms with Crippen LogP contribution in [0.15, 0.2) is 4.99 Å². The molecule has 7 nitrogen and oxygen atoms in total. The summed E-state index contributed by atoms with van der Waals surface area (Å²) in [6.45, 7) is 4.87. The Hall–Kier alpha value is -0.860. The van der Waals surface area contributed by atoms with Crippen molar-refractivity contribution < 1.29 is 17.9 Å². The van der Waals surface area contributed by atoms with E-state index < -0.39 is 15.6 Å². The van der Waals surface area contributed by atoms with E-state index in [-0.39, 0.29) is 17.7 Å². The monoisotopic (exact) mass is 359 g/mol. The van der Waals surface area contributed by atoms with Gasteiger partial charge in [0.15, 0.2) is 21.6 Å². The molecule has 0 amide bonds. The number of rotatable bonds is 5. The molecule has 138 valence electrons. The first kappa shape index (κ1) is 17.9. The summed E-state index contributed by atoms with van der Waals surface area (Å²) in [4.78, 5) is 4.64. The number of nitrogens with one attached hydrogen (secondary N) is 2. The highest BCUT2D eigenvalue weighted by molar-refractivity contribution is 7.91. The van der Waals surface area contributed by atoms with Crippen LogP contribution in [-0.4, -0.2) is 64.0 Å². The van der Waals surface area contributed by atoms with Gasteiger partial charge < -0.3 is 20.1 Å². The Morgan fingerprint density at radius 1 is 1.29 bits per heavy atom. The van der Waals surface area contributed by atoms with Crippen LogP contribution in [-0.2, 0) is 19.3 Å². The van der Waals surface area contributed by atoms with Gasteiger partial charge in [0.05, 0.1) is 24.7 Å². The molecule has 0 aromatic rings. The second-order valence-corrected chi connectivity index (χ2v) is 9.31. The van der Waals surface area contributed by atoms with E-state index in [2.05, 4.69) is 22.5 Å². The van der Waals surface area contributed by atoms with Crippen LogP contribution in [0.3, 0.4) is 0 Å². The minimum Gasteiger partial charge on any atom is -0.356 e. The molecular weight excluding hydrogens is 330 g/mol. The molecule has 2 heterocycles. The number of nitrogens with zero attached hydrogens (tertiary/aromatic N) is 1. The second-order valence-electron chi connectivity index (χ2n) is 7.08. The number of sulfone groups is 1. The Morgan fingerprint density at radius 2 is 2.08 bits per heavy atom. The Balaban J connectivity index is 1.54. The third-order valence-corrected chi connectivity index (χ3v) is 6.80. The van der Waals surface area contributed by atoms with Crippen LogP contribution < -0.4 is 10.6 Å². The number of hydrogen-bond acceptors (Lipinski definition) is 5. The smallest absolute Gasteiger partial charge is 0.191 e. The van der Waals surface area contributed by atoms with Crippen molar-refractivity contribution in [3.63, 3.8) is 0 Å². The maximum Gasteiger partial charge on any atom is 0.191 e. The van der Waals surface area contributed by atoms with E-state index in [1.807, 2.05) is 0 Å². The first-order valence-electron chi connectivity index (χ1n) is 9.03. The molecule has 24 heavy (non-hydrogen) atoms. The quantitative estimate of drug-likeness (QED) is 0.554. The Morgan fingerprint density at radius 3 is 2.75 bits per heavy atom. The number of guanidine groups is 1. The van der Waals surface area contributed by atoms with E-state index in [0.29, 0.717) is 25.5 Å². The zero-order valence-electron chi connectivity index (χ0n) is 14.4. The van der Waals surface area contributed by atoms with Gasteiger partial charge >= 0.3 is 0 Å². The predicted molar refractivity (Wildman–Crippen MR) is 92.8 cm³/mol. The molecule has 2 saturated heterocycles. The molecule has 0 aromatic heterocycles. The van der Waals surface area contributed by atoms with Gasteiger partial charge in [-0.3, -0.25) is 4.99 Å². The van der Waals surface area contributed by atoms with Gasteiger partial charge in [-0.2, -0.15) is 0 Å². The standard InChI is InChI=1S/C16H29N3O4S/c1-2-6-17-15(18-11-13-4-9-24(20,21)12-13)19-14-3-5-16(10-14)22-7-8-23-16/h13-14H,2-12H2,1H3,(H2,17,18,19). The van der Waals surface area contributed by atoms with Gasteiger partial charge in [0.1, 0.15) is 0 Å². The lowest BCUT2D eigenvalue weighted by Crippen LogP contribution is -2.44. The highest BCUT2D eigenvalue weighted by atomic mass is 32.2. The van der Waals surface area contributed by atoms with Crippen molar-refractivity contribution >= 4 is 15.8 Å². The van der Waals surface area contributed by atoms with Gasteiger partial charge in [0, 0.05) is 32.0 Å². The molecule has 2 atom stereocenters. The highest BCUT2D eigenvalue weighted by Crippen LogP contribution is 2.37. The summed E-state index contributed by atoms with van der Waals surface area (Å²) in [5.74, 6) is 1.10. The highest BCUT2D eigenvalue weighted by Gasteiger charge is 2.44. The zero-order valence-corrected chi connectivity index (χ0v) is 15.2. The topological polar surface area (TPSA) is 89.0 Å². The van der Waals surface area contributed by atoms with Crippen LogP contribution in [0.2, 0.25) is 0 Å². The molecule has 2 aliphatic heterocycles. The van der Waals surface area contributed by atoms with E-state index in [1.165, 1.54) is 0 Å². The van der Waals surface area contributed by atoms with Gasteiger partial charge in [-0.05, 0) is 25.2 Å². The van der Waals surface area contributed by atoms with E-state index >= 15 is 0 Å². The normalized spacial score (nSPS) is 31.6. The number of ether oxygens (including phenoxy) is 2. The van der Waals surface area contributed by atoms with Crippen molar-refractivity contribution in [1.82, 2.24) is 10.6 Å². The van der Waals surface area contributed by atoms with Crippen molar-refractivity contribution in [2.24, 2.45) is 10.9 Å². The minimum absolute atomic E-state index is 0.145. The maximum absolute atomic E-state index is 11.6. The third-order valence-electron chi connectivity index (χ3n) is 4.96. The lowest BCUT2D eigenvalue weighted by atomic mass is 10.1. The molecule has 1 aliphatic carbocycles. The molecule has 0 bridgehead atoms. The average molecular weight is 359 g/mol. The summed E-state index contributed by atoms with van der Waals surface area (Å²) in [5, 5.41) is 6.80. The molecule has 8 heteroatoms. The van der Waals surface area contributed by atoms with Crippen molar-refractivity contribution in [2.45, 2.75) is 50.9 Å². The summed E-state index contributed by atoms with van der Waals surface area (Å²) in [7, 11) is -2.84. The van der Waals surface area contributed by atoms with Crippen molar-refractivity contribution in [3.8, 4) is 0 Å². The van der Waals surface area contributed by atoms with Crippen molar-refractivity contribution in [2.75, 3.05) is 37.8 Å².